The van der Waals surface area contributed by atoms with Gasteiger partial charge in [0.05, 0.1) is 55.5 Å². The van der Waals surface area contributed by atoms with Crippen LogP contribution in [0.25, 0.3) is 0 Å². The Balaban J connectivity index is 1.21. The number of unbranched alkanes of at least 4 members (excludes halogenated alkanes) is 5. The second-order valence-corrected chi connectivity index (χ2v) is 12.4. The summed E-state index contributed by atoms with van der Waals surface area (Å²) in [5, 5.41) is 0. The van der Waals surface area contributed by atoms with Crippen LogP contribution in [0.2, 0.25) is 0 Å². The number of hydrogen-bond donors (Lipinski definition) is 0. The van der Waals surface area contributed by atoms with Crippen LogP contribution >= 0.6 is 0 Å². The molecule has 2 aliphatic heterocycles. The summed E-state index contributed by atoms with van der Waals surface area (Å²) in [7, 11) is 13.2. The molecule has 0 amide bonds. The monoisotopic (exact) mass is 494 g/mol. The minimum Gasteiger partial charge on any atom is -0.497 e. The van der Waals surface area contributed by atoms with E-state index in [1.807, 2.05) is 0 Å². The van der Waals surface area contributed by atoms with Gasteiger partial charge in [0.1, 0.15) is 23.6 Å². The number of ether oxygens (including phenoxy) is 2. The van der Waals surface area contributed by atoms with Crippen molar-refractivity contribution in [3.8, 4) is 11.5 Å². The number of nitrogens with zero attached hydrogens (tertiary/aromatic N) is 2. The molecule has 198 valence electrons. The zero-order valence-electron chi connectivity index (χ0n) is 23.8. The quantitative estimate of drug-likeness (QED) is 0.251. The molecule has 0 aliphatic carbocycles. The highest BCUT2D eigenvalue weighted by Gasteiger charge is 2.36. The third-order valence-electron chi connectivity index (χ3n) is 9.23. The SMILES string of the molecule is COc1ccc2c(c1)CC[N+](C)(C)C2CCCCCCCCC1c2ccc(OC)cc2CC[N+]1(C)C. The van der Waals surface area contributed by atoms with Crippen LogP contribution in [0.15, 0.2) is 36.4 Å². The Bertz CT molecular complexity index is 932. The lowest BCUT2D eigenvalue weighted by molar-refractivity contribution is -0.923. The molecule has 2 atom stereocenters. The molecule has 4 rings (SSSR count). The van der Waals surface area contributed by atoms with Gasteiger partial charge < -0.3 is 18.4 Å². The standard InChI is InChI=1S/C32H50N2O2/c1-33(2)21-19-25-23-27(35-5)15-17-29(25)31(33)13-11-9-7-8-10-12-14-32-30-18-16-28(36-6)24-26(30)20-22-34(32,3)4/h15-18,23-24,31-32H,7-14,19-22H2,1-6H3/q+2. The van der Waals surface area contributed by atoms with E-state index < -0.39 is 0 Å². The topological polar surface area (TPSA) is 18.5 Å². The van der Waals surface area contributed by atoms with E-state index in [1.165, 1.54) is 75.6 Å². The zero-order chi connectivity index (χ0) is 25.8. The van der Waals surface area contributed by atoms with Crippen molar-refractivity contribution < 1.29 is 18.4 Å². The average molecular weight is 495 g/mol. The van der Waals surface area contributed by atoms with Gasteiger partial charge in [-0.1, -0.05) is 25.7 Å². The molecule has 2 aromatic rings. The number of fused-ring (bicyclic) bond motifs is 2. The van der Waals surface area contributed by atoms with Gasteiger partial charge >= 0.3 is 0 Å². The van der Waals surface area contributed by atoms with Crippen molar-refractivity contribution in [3.63, 3.8) is 0 Å². The van der Waals surface area contributed by atoms with E-state index >= 15 is 0 Å². The van der Waals surface area contributed by atoms with E-state index in [-0.39, 0.29) is 0 Å². The smallest absolute Gasteiger partial charge is 0.119 e. The van der Waals surface area contributed by atoms with E-state index in [4.69, 9.17) is 9.47 Å². The van der Waals surface area contributed by atoms with E-state index in [0.29, 0.717) is 12.1 Å². The molecule has 0 saturated heterocycles. The average Bonchev–Trinajstić information content (AvgIpc) is 2.86. The first-order valence-corrected chi connectivity index (χ1v) is 14.2. The number of hydrogen-bond acceptors (Lipinski definition) is 2. The van der Waals surface area contributed by atoms with Crippen molar-refractivity contribution in [1.82, 2.24) is 0 Å². The largest absolute Gasteiger partial charge is 0.497 e. The van der Waals surface area contributed by atoms with Crippen LogP contribution in [0.1, 0.15) is 85.7 Å². The molecule has 0 spiro atoms. The minimum atomic E-state index is 0.615. The van der Waals surface area contributed by atoms with E-state index in [9.17, 15) is 0 Å². The fourth-order valence-corrected chi connectivity index (χ4v) is 6.78. The Morgan fingerprint density at radius 2 is 1.00 bits per heavy atom. The van der Waals surface area contributed by atoms with Crippen LogP contribution in [0, 0.1) is 0 Å². The summed E-state index contributed by atoms with van der Waals surface area (Å²) in [5.41, 5.74) is 6.11. The maximum atomic E-state index is 5.48. The molecule has 0 radical (unpaired) electrons. The van der Waals surface area contributed by atoms with Crippen molar-refractivity contribution in [3.05, 3.63) is 58.7 Å². The molecular formula is C32H50N2O2+2. The van der Waals surface area contributed by atoms with E-state index in [1.54, 1.807) is 25.3 Å². The highest BCUT2D eigenvalue weighted by molar-refractivity contribution is 5.39. The summed E-state index contributed by atoms with van der Waals surface area (Å²) in [6.07, 6.45) is 13.0. The Morgan fingerprint density at radius 1 is 0.611 bits per heavy atom. The molecular weight excluding hydrogens is 444 g/mol. The number of benzene rings is 2. The Hall–Kier alpha value is -2.04. The normalized spacial score (nSPS) is 21.9. The summed E-state index contributed by atoms with van der Waals surface area (Å²) < 4.78 is 13.2. The van der Waals surface area contributed by atoms with Gasteiger partial charge in [-0.15, -0.1) is 0 Å². The highest BCUT2D eigenvalue weighted by atomic mass is 16.5. The first-order chi connectivity index (χ1) is 17.2. The summed E-state index contributed by atoms with van der Waals surface area (Å²) >= 11 is 0. The lowest BCUT2D eigenvalue weighted by Gasteiger charge is -2.43. The summed E-state index contributed by atoms with van der Waals surface area (Å²) in [4.78, 5) is 0. The molecule has 2 aromatic carbocycles. The van der Waals surface area contributed by atoms with Crippen LogP contribution in [0.5, 0.6) is 11.5 Å². The molecule has 0 bridgehead atoms. The number of methoxy groups -OCH3 is 2. The van der Waals surface area contributed by atoms with Gasteiger partial charge in [-0.25, -0.2) is 0 Å². The fourth-order valence-electron chi connectivity index (χ4n) is 6.78. The molecule has 4 nitrogen and oxygen atoms in total. The Morgan fingerprint density at radius 3 is 1.39 bits per heavy atom. The predicted octanol–water partition coefficient (Wildman–Crippen LogP) is 6.87. The molecule has 0 saturated carbocycles. The zero-order valence-corrected chi connectivity index (χ0v) is 23.8. The third kappa shape index (κ3) is 6.08. The Labute approximate surface area is 220 Å². The lowest BCUT2D eigenvalue weighted by Crippen LogP contribution is -2.47. The predicted molar refractivity (Wildman–Crippen MR) is 150 cm³/mol. The molecule has 0 N–H and O–H groups in total. The van der Waals surface area contributed by atoms with Gasteiger partial charge in [0.25, 0.3) is 0 Å². The number of likely N-dealkylation sites (N-methyl/N-ethyl adjacent to an activating group) is 2. The van der Waals surface area contributed by atoms with E-state index in [2.05, 4.69) is 64.6 Å². The maximum Gasteiger partial charge on any atom is 0.119 e. The van der Waals surface area contributed by atoms with Crippen molar-refractivity contribution in [2.75, 3.05) is 55.5 Å². The molecule has 4 heteroatoms. The summed E-state index contributed by atoms with van der Waals surface area (Å²) in [5.74, 6) is 2.00. The Kier molecular flexibility index (Phi) is 8.67. The first-order valence-electron chi connectivity index (χ1n) is 14.2. The second kappa shape index (κ2) is 11.6. The van der Waals surface area contributed by atoms with Crippen LogP contribution < -0.4 is 9.47 Å². The third-order valence-corrected chi connectivity index (χ3v) is 9.23. The molecule has 2 unspecified atom stereocenters. The fraction of sp³-hybridized carbons (Fsp3) is 0.625. The van der Waals surface area contributed by atoms with Gasteiger partial charge in [0, 0.05) is 36.8 Å². The van der Waals surface area contributed by atoms with E-state index in [0.717, 1.165) is 33.3 Å². The molecule has 0 fully saturated rings. The van der Waals surface area contributed by atoms with Crippen molar-refractivity contribution in [2.24, 2.45) is 0 Å². The first kappa shape index (κ1) is 27.0. The van der Waals surface area contributed by atoms with Crippen molar-refractivity contribution >= 4 is 0 Å². The van der Waals surface area contributed by atoms with Crippen LogP contribution in [-0.4, -0.2) is 64.5 Å². The highest BCUT2D eigenvalue weighted by Crippen LogP contribution is 2.40. The summed E-state index contributed by atoms with van der Waals surface area (Å²) in [6.45, 7) is 2.44. The number of rotatable bonds is 11. The second-order valence-electron chi connectivity index (χ2n) is 12.4. The lowest BCUT2D eigenvalue weighted by atomic mass is 9.87. The van der Waals surface area contributed by atoms with Gasteiger partial charge in [-0.3, -0.25) is 0 Å². The van der Waals surface area contributed by atoms with Crippen LogP contribution in [0.3, 0.4) is 0 Å². The summed E-state index contributed by atoms with van der Waals surface area (Å²) in [6, 6.07) is 14.7. The molecule has 2 heterocycles. The minimum absolute atomic E-state index is 0.615. The molecule has 0 aromatic heterocycles. The molecule has 2 aliphatic rings. The maximum absolute atomic E-state index is 5.48. The molecule has 36 heavy (non-hydrogen) atoms. The van der Waals surface area contributed by atoms with Gasteiger partial charge in [0.2, 0.25) is 0 Å². The van der Waals surface area contributed by atoms with Crippen LogP contribution in [0.4, 0.5) is 0 Å². The van der Waals surface area contributed by atoms with Crippen molar-refractivity contribution in [1.29, 1.82) is 0 Å². The van der Waals surface area contributed by atoms with Gasteiger partial charge in [-0.05, 0) is 60.4 Å². The van der Waals surface area contributed by atoms with Gasteiger partial charge in [0.15, 0.2) is 0 Å². The van der Waals surface area contributed by atoms with Crippen LogP contribution in [-0.2, 0) is 12.8 Å². The van der Waals surface area contributed by atoms with Crippen molar-refractivity contribution in [2.45, 2.75) is 76.3 Å². The number of quaternary nitrogens is 2. The van der Waals surface area contributed by atoms with Gasteiger partial charge in [-0.2, -0.15) is 0 Å².